The maximum Gasteiger partial charge on any atom is 0.217 e. The zero-order chi connectivity index (χ0) is 41.5. The van der Waals surface area contributed by atoms with Crippen molar-refractivity contribution in [2.75, 3.05) is 13.2 Å². The molecule has 0 aromatic carbocycles. The van der Waals surface area contributed by atoms with E-state index >= 15 is 0 Å². The minimum Gasteiger partial charge on any atom is -0.394 e. The minimum absolute atomic E-state index is 0.678. The van der Waals surface area contributed by atoms with Crippen LogP contribution < -0.4 is 5.32 Å². The number of rotatable bonds is 11. The number of carbonyl (C=O) groups is 1. The van der Waals surface area contributed by atoms with E-state index in [1.165, 1.54) is 20.8 Å². The first-order valence-corrected chi connectivity index (χ1v) is 18.2. The number of aliphatic hydroxyl groups is 13. The summed E-state index contributed by atoms with van der Waals surface area (Å²) in [6.45, 7) is 3.69. The van der Waals surface area contributed by atoms with Crippen molar-refractivity contribution in [3.8, 4) is 0 Å². The van der Waals surface area contributed by atoms with E-state index in [2.05, 4.69) is 5.32 Å². The summed E-state index contributed by atoms with van der Waals surface area (Å²) in [6, 6.07) is -1.47. The summed E-state index contributed by atoms with van der Waals surface area (Å²) < 4.78 is 51.7. The molecule has 25 atom stereocenters. The van der Waals surface area contributed by atoms with Gasteiger partial charge < -0.3 is 114 Å². The summed E-state index contributed by atoms with van der Waals surface area (Å²) in [6.07, 6.45) is -39.3. The topological polar surface area (TPSA) is 375 Å². The fraction of sp³-hybridized carbons (Fsp3) is 0.969. The molecule has 0 unspecified atom stereocenters. The van der Waals surface area contributed by atoms with Gasteiger partial charge >= 0.3 is 0 Å². The van der Waals surface area contributed by atoms with Gasteiger partial charge in [-0.1, -0.05) is 0 Å². The second-order valence-corrected chi connectivity index (χ2v) is 14.6. The van der Waals surface area contributed by atoms with E-state index in [1.807, 2.05) is 0 Å². The first-order valence-electron chi connectivity index (χ1n) is 18.2. The maximum atomic E-state index is 12.1. The summed E-state index contributed by atoms with van der Waals surface area (Å²) >= 11 is 0. The molecule has 5 heterocycles. The Balaban J connectivity index is 1.38. The maximum absolute atomic E-state index is 12.1. The van der Waals surface area contributed by atoms with Crippen molar-refractivity contribution in [3.05, 3.63) is 0 Å². The van der Waals surface area contributed by atoms with E-state index in [4.69, 9.17) is 42.6 Å². The van der Waals surface area contributed by atoms with Crippen LogP contribution in [-0.4, -0.2) is 239 Å². The molecule has 24 nitrogen and oxygen atoms in total. The van der Waals surface area contributed by atoms with E-state index in [-0.39, 0.29) is 0 Å². The Labute approximate surface area is 319 Å². The van der Waals surface area contributed by atoms with E-state index < -0.39 is 173 Å². The van der Waals surface area contributed by atoms with E-state index in [1.54, 1.807) is 0 Å². The van der Waals surface area contributed by atoms with E-state index in [0.29, 0.717) is 0 Å². The number of hydrogen-bond donors (Lipinski definition) is 14. The molecular weight excluding hydrogens is 766 g/mol. The molecule has 326 valence electrons. The number of hydrogen-bond acceptors (Lipinski definition) is 23. The van der Waals surface area contributed by atoms with Crippen molar-refractivity contribution in [3.63, 3.8) is 0 Å². The predicted octanol–water partition coefficient (Wildman–Crippen LogP) is -8.70. The van der Waals surface area contributed by atoms with Crippen LogP contribution in [0.2, 0.25) is 0 Å². The van der Waals surface area contributed by atoms with Gasteiger partial charge in [0.1, 0.15) is 104 Å². The standard InChI is InChI=1S/C32H55NO23/c1-7-24(18(41)20(43)28(47)48-7)53-30-22(45)19(42)25(8(2)49-30)54-32-23(46)27(56-31-21(44)17(40)15(38)12(6-35)52-31)26(9(3)50-32)55-29-13(33-10(4)36)16(39)14(37)11(5-34)51-29/h7-9,11-32,34-35,37-47H,5-6H2,1-4H3,(H,33,36)/t7-,8-,9-,11+,12+,13+,14+,15+,16+,17-,18-,19-,20+,21-,22+,23+,24-,25-,26-,27-,28+,29-,30-,31-,32-/m0/s1. The quantitative estimate of drug-likeness (QED) is 0.0920. The zero-order valence-electron chi connectivity index (χ0n) is 30.7. The van der Waals surface area contributed by atoms with Gasteiger partial charge in [0, 0.05) is 6.92 Å². The minimum atomic E-state index is -2.00. The second-order valence-electron chi connectivity index (χ2n) is 14.6. The van der Waals surface area contributed by atoms with Gasteiger partial charge in [0.25, 0.3) is 0 Å². The summed E-state index contributed by atoms with van der Waals surface area (Å²) in [5.74, 6) is -0.678. The zero-order valence-corrected chi connectivity index (χ0v) is 30.7. The Morgan fingerprint density at radius 1 is 0.464 bits per heavy atom. The molecule has 0 aromatic rings. The lowest BCUT2D eigenvalue weighted by Gasteiger charge is -2.50. The van der Waals surface area contributed by atoms with Crippen LogP contribution in [0.4, 0.5) is 0 Å². The molecule has 0 radical (unpaired) electrons. The van der Waals surface area contributed by atoms with Gasteiger partial charge in [0.05, 0.1) is 31.5 Å². The van der Waals surface area contributed by atoms with Gasteiger partial charge in [-0.2, -0.15) is 0 Å². The third-order valence-electron chi connectivity index (χ3n) is 10.6. The second kappa shape index (κ2) is 18.9. The van der Waals surface area contributed by atoms with Crippen molar-refractivity contribution in [1.82, 2.24) is 5.32 Å². The molecule has 0 saturated carbocycles. The summed E-state index contributed by atoms with van der Waals surface area (Å²) in [5, 5.41) is 139. The molecule has 5 rings (SSSR count). The molecule has 0 spiro atoms. The molecule has 56 heavy (non-hydrogen) atoms. The van der Waals surface area contributed by atoms with Crippen LogP contribution in [0.3, 0.4) is 0 Å². The number of aliphatic hydroxyl groups excluding tert-OH is 13. The molecule has 0 bridgehead atoms. The van der Waals surface area contributed by atoms with Crippen molar-refractivity contribution in [1.29, 1.82) is 0 Å². The summed E-state index contributed by atoms with van der Waals surface area (Å²) in [5.41, 5.74) is 0. The Morgan fingerprint density at radius 3 is 1.43 bits per heavy atom. The summed E-state index contributed by atoms with van der Waals surface area (Å²) in [7, 11) is 0. The Kier molecular flexibility index (Phi) is 15.4. The van der Waals surface area contributed by atoms with Crippen LogP contribution in [0.15, 0.2) is 0 Å². The van der Waals surface area contributed by atoms with Crippen molar-refractivity contribution < 1.29 is 114 Å². The fourth-order valence-electron chi connectivity index (χ4n) is 7.35. The number of ether oxygens (including phenoxy) is 9. The van der Waals surface area contributed by atoms with E-state index in [0.717, 1.165) is 6.92 Å². The Hall–Kier alpha value is -1.41. The van der Waals surface area contributed by atoms with Crippen molar-refractivity contribution >= 4 is 5.91 Å². The molecule has 5 aliphatic rings. The van der Waals surface area contributed by atoms with Gasteiger partial charge in [-0.25, -0.2) is 0 Å². The number of carbonyl (C=O) groups excluding carboxylic acids is 1. The number of nitrogens with one attached hydrogen (secondary N) is 1. The Bertz CT molecular complexity index is 1270. The molecule has 5 fully saturated rings. The monoisotopic (exact) mass is 821 g/mol. The van der Waals surface area contributed by atoms with Gasteiger partial charge in [0.2, 0.25) is 5.91 Å². The molecule has 0 aromatic heterocycles. The van der Waals surface area contributed by atoms with Crippen LogP contribution in [0.1, 0.15) is 27.7 Å². The van der Waals surface area contributed by atoms with Crippen LogP contribution in [0.25, 0.3) is 0 Å². The summed E-state index contributed by atoms with van der Waals surface area (Å²) in [4.78, 5) is 12.1. The number of amides is 1. The highest BCUT2D eigenvalue weighted by Gasteiger charge is 2.56. The lowest BCUT2D eigenvalue weighted by atomic mass is 9.94. The molecule has 24 heteroatoms. The van der Waals surface area contributed by atoms with Gasteiger partial charge in [0.15, 0.2) is 31.5 Å². The van der Waals surface area contributed by atoms with Gasteiger partial charge in [-0.05, 0) is 20.8 Å². The van der Waals surface area contributed by atoms with Crippen LogP contribution in [0.5, 0.6) is 0 Å². The highest BCUT2D eigenvalue weighted by atomic mass is 16.8. The van der Waals surface area contributed by atoms with Crippen molar-refractivity contribution in [2.45, 2.75) is 181 Å². The van der Waals surface area contributed by atoms with Crippen LogP contribution in [-0.2, 0) is 47.4 Å². The van der Waals surface area contributed by atoms with Crippen LogP contribution >= 0.6 is 0 Å². The highest BCUT2D eigenvalue weighted by Crippen LogP contribution is 2.36. The average molecular weight is 822 g/mol. The van der Waals surface area contributed by atoms with Gasteiger partial charge in [-0.3, -0.25) is 4.79 Å². The lowest BCUT2D eigenvalue weighted by molar-refractivity contribution is -0.395. The van der Waals surface area contributed by atoms with Crippen LogP contribution in [0, 0.1) is 0 Å². The predicted molar refractivity (Wildman–Crippen MR) is 174 cm³/mol. The lowest BCUT2D eigenvalue weighted by Crippen LogP contribution is -2.69. The normalized spacial score (nSPS) is 53.1. The fourth-order valence-corrected chi connectivity index (χ4v) is 7.35. The SMILES string of the molecule is CC(=O)N[C@H]1[C@H](O[C@@H]2[C@@H](O[C@@H]3O[C@H](CO)[C@@H](O)[C@H](O)[C@@H]3O)[C@@H](O)[C@H](O[C@@H]3[C@@H](O)[C@@H](O)[C@H](O[C@@H]4[C@@H](O)[C@@H](O)[C@H](O)O[C@H]4C)O[C@H]3C)O[C@H]2C)O[C@H](CO)[C@@H](O)[C@@H]1O. The third-order valence-corrected chi connectivity index (χ3v) is 10.6. The first-order chi connectivity index (χ1) is 26.3. The largest absolute Gasteiger partial charge is 0.394 e. The molecular formula is C32H55NO23. The third kappa shape index (κ3) is 9.31. The first kappa shape index (κ1) is 45.7. The molecule has 1 amide bonds. The van der Waals surface area contributed by atoms with Crippen molar-refractivity contribution in [2.24, 2.45) is 0 Å². The molecule has 14 N–H and O–H groups in total. The average Bonchev–Trinajstić information content (AvgIpc) is 3.15. The molecule has 5 aliphatic heterocycles. The molecule has 0 aliphatic carbocycles. The highest BCUT2D eigenvalue weighted by molar-refractivity contribution is 5.73. The van der Waals surface area contributed by atoms with E-state index in [9.17, 15) is 71.2 Å². The smallest absolute Gasteiger partial charge is 0.217 e. The Morgan fingerprint density at radius 2 is 0.875 bits per heavy atom. The van der Waals surface area contributed by atoms with Gasteiger partial charge in [-0.15, -0.1) is 0 Å². The molecule has 5 saturated heterocycles.